The van der Waals surface area contributed by atoms with Crippen molar-refractivity contribution in [1.29, 1.82) is 0 Å². The van der Waals surface area contributed by atoms with Crippen molar-refractivity contribution >= 4 is 5.91 Å². The summed E-state index contributed by atoms with van der Waals surface area (Å²) in [5.41, 5.74) is 0. The van der Waals surface area contributed by atoms with Crippen molar-refractivity contribution in [2.45, 2.75) is 45.1 Å². The van der Waals surface area contributed by atoms with Crippen LogP contribution in [0, 0.1) is 5.92 Å². The molecule has 1 amide bonds. The number of aliphatic hydroxyl groups excluding tert-OH is 1. The lowest BCUT2D eigenvalue weighted by Crippen LogP contribution is -2.32. The molecule has 1 rings (SSSR count). The first kappa shape index (κ1) is 13.5. The first-order valence-corrected chi connectivity index (χ1v) is 6.25. The van der Waals surface area contributed by atoms with Gasteiger partial charge in [0.05, 0.1) is 6.10 Å². The van der Waals surface area contributed by atoms with E-state index in [-0.39, 0.29) is 25.2 Å². The van der Waals surface area contributed by atoms with E-state index in [2.05, 4.69) is 5.32 Å². The summed E-state index contributed by atoms with van der Waals surface area (Å²) in [6.07, 6.45) is 5.11. The van der Waals surface area contributed by atoms with Crippen molar-refractivity contribution in [1.82, 2.24) is 5.32 Å². The van der Waals surface area contributed by atoms with Crippen LogP contribution in [-0.2, 0) is 9.53 Å². The van der Waals surface area contributed by atoms with Crippen molar-refractivity contribution in [3.63, 3.8) is 0 Å². The van der Waals surface area contributed by atoms with Crippen LogP contribution in [0.3, 0.4) is 0 Å². The van der Waals surface area contributed by atoms with Crippen LogP contribution >= 0.6 is 0 Å². The van der Waals surface area contributed by atoms with Crippen molar-refractivity contribution < 1.29 is 14.6 Å². The lowest BCUT2D eigenvalue weighted by molar-refractivity contribution is -0.128. The van der Waals surface area contributed by atoms with E-state index in [1.54, 1.807) is 0 Å². The first-order valence-electron chi connectivity index (χ1n) is 6.25. The molecule has 0 saturated heterocycles. The molecule has 4 nitrogen and oxygen atoms in total. The minimum atomic E-state index is -0.0221. The van der Waals surface area contributed by atoms with Crippen LogP contribution in [0.25, 0.3) is 0 Å². The topological polar surface area (TPSA) is 58.6 Å². The average molecular weight is 229 g/mol. The Morgan fingerprint density at radius 2 is 2.06 bits per heavy atom. The number of rotatable bonds is 6. The summed E-state index contributed by atoms with van der Waals surface area (Å²) in [6.45, 7) is 3.20. The molecule has 94 valence electrons. The van der Waals surface area contributed by atoms with E-state index in [9.17, 15) is 4.79 Å². The molecular formula is C12H23NO3. The highest BCUT2D eigenvalue weighted by Crippen LogP contribution is 2.25. The van der Waals surface area contributed by atoms with E-state index in [1.807, 2.05) is 6.92 Å². The lowest BCUT2D eigenvalue weighted by Gasteiger charge is -2.27. The van der Waals surface area contributed by atoms with Gasteiger partial charge in [0.25, 0.3) is 0 Å². The Balaban J connectivity index is 2.07. The highest BCUT2D eigenvalue weighted by molar-refractivity contribution is 5.77. The fourth-order valence-corrected chi connectivity index (χ4v) is 1.99. The molecule has 1 aliphatic rings. The molecule has 1 aliphatic carbocycles. The fourth-order valence-electron chi connectivity index (χ4n) is 1.99. The Morgan fingerprint density at radius 3 is 2.62 bits per heavy atom. The smallest absolute Gasteiger partial charge is 0.246 e. The maximum atomic E-state index is 11.3. The van der Waals surface area contributed by atoms with Gasteiger partial charge in [0, 0.05) is 13.2 Å². The van der Waals surface area contributed by atoms with Gasteiger partial charge < -0.3 is 15.2 Å². The van der Waals surface area contributed by atoms with Gasteiger partial charge in [-0.3, -0.25) is 4.79 Å². The van der Waals surface area contributed by atoms with E-state index in [0.29, 0.717) is 5.92 Å². The van der Waals surface area contributed by atoms with Crippen LogP contribution in [0.4, 0.5) is 0 Å². The van der Waals surface area contributed by atoms with Crippen LogP contribution < -0.4 is 5.32 Å². The van der Waals surface area contributed by atoms with Crippen molar-refractivity contribution in [3.05, 3.63) is 0 Å². The molecule has 0 aromatic heterocycles. The van der Waals surface area contributed by atoms with E-state index in [4.69, 9.17) is 9.84 Å². The summed E-state index contributed by atoms with van der Waals surface area (Å²) in [4.78, 5) is 11.3. The minimum absolute atomic E-state index is 0.0221. The minimum Gasteiger partial charge on any atom is -0.396 e. The number of hydrogen-bond acceptors (Lipinski definition) is 3. The second-order valence-corrected chi connectivity index (χ2v) is 4.49. The number of aliphatic hydroxyl groups is 1. The quantitative estimate of drug-likeness (QED) is 0.716. The predicted octanol–water partition coefficient (Wildman–Crippen LogP) is 1.08. The van der Waals surface area contributed by atoms with Crippen LogP contribution in [0.15, 0.2) is 0 Å². The second kappa shape index (κ2) is 7.63. The summed E-state index contributed by atoms with van der Waals surface area (Å²) in [6, 6.07) is 0. The van der Waals surface area contributed by atoms with Gasteiger partial charge in [0.15, 0.2) is 0 Å². The molecule has 0 bridgehead atoms. The first-order chi connectivity index (χ1) is 7.76. The molecule has 0 aliphatic heterocycles. The van der Waals surface area contributed by atoms with Gasteiger partial charge in [-0.1, -0.05) is 6.92 Å². The van der Waals surface area contributed by atoms with Gasteiger partial charge in [0.1, 0.15) is 6.61 Å². The Hall–Kier alpha value is -0.610. The van der Waals surface area contributed by atoms with Gasteiger partial charge in [-0.05, 0) is 38.0 Å². The molecule has 0 spiro atoms. The van der Waals surface area contributed by atoms with Crippen LogP contribution in [-0.4, -0.2) is 36.9 Å². The third-order valence-corrected chi connectivity index (χ3v) is 3.07. The third kappa shape index (κ3) is 4.94. The van der Waals surface area contributed by atoms with Crippen LogP contribution in [0.2, 0.25) is 0 Å². The standard InChI is InChI=1S/C12H23NO3/c1-2-7-13-12(15)9-16-11-5-3-10(8-14)4-6-11/h10-11,14H,2-9H2,1H3,(H,13,15). The van der Waals surface area contributed by atoms with Crippen LogP contribution in [0.5, 0.6) is 0 Å². The summed E-state index contributed by atoms with van der Waals surface area (Å²) in [5.74, 6) is 0.417. The van der Waals surface area contributed by atoms with Crippen molar-refractivity contribution in [2.75, 3.05) is 19.8 Å². The molecule has 1 fully saturated rings. The SMILES string of the molecule is CCCNC(=O)COC1CCC(CO)CC1. The zero-order valence-electron chi connectivity index (χ0n) is 10.1. The molecule has 0 radical (unpaired) electrons. The maximum absolute atomic E-state index is 11.3. The van der Waals surface area contributed by atoms with E-state index in [0.717, 1.165) is 38.6 Å². The lowest BCUT2D eigenvalue weighted by atomic mass is 9.88. The summed E-state index contributed by atoms with van der Waals surface area (Å²) in [5, 5.41) is 11.8. The van der Waals surface area contributed by atoms with Crippen LogP contribution in [0.1, 0.15) is 39.0 Å². The molecule has 16 heavy (non-hydrogen) atoms. The van der Waals surface area contributed by atoms with Crippen molar-refractivity contribution in [3.8, 4) is 0 Å². The van der Waals surface area contributed by atoms with E-state index < -0.39 is 0 Å². The Kier molecular flexibility index (Phi) is 6.42. The molecule has 2 N–H and O–H groups in total. The van der Waals surface area contributed by atoms with Crippen molar-refractivity contribution in [2.24, 2.45) is 5.92 Å². The molecule has 0 aromatic rings. The molecule has 0 heterocycles. The maximum Gasteiger partial charge on any atom is 0.246 e. The third-order valence-electron chi connectivity index (χ3n) is 3.07. The highest BCUT2D eigenvalue weighted by Gasteiger charge is 2.21. The fraction of sp³-hybridized carbons (Fsp3) is 0.917. The number of carbonyl (C=O) groups is 1. The molecule has 0 atom stereocenters. The molecule has 0 aromatic carbocycles. The summed E-state index contributed by atoms with van der Waals surface area (Å²) in [7, 11) is 0. The zero-order chi connectivity index (χ0) is 11.8. The summed E-state index contributed by atoms with van der Waals surface area (Å²) < 4.78 is 5.54. The summed E-state index contributed by atoms with van der Waals surface area (Å²) >= 11 is 0. The highest BCUT2D eigenvalue weighted by atomic mass is 16.5. The molecule has 4 heteroatoms. The van der Waals surface area contributed by atoms with Gasteiger partial charge in [-0.25, -0.2) is 0 Å². The van der Waals surface area contributed by atoms with E-state index in [1.165, 1.54) is 0 Å². The number of carbonyl (C=O) groups excluding carboxylic acids is 1. The Bertz CT molecular complexity index is 200. The van der Waals surface area contributed by atoms with Gasteiger partial charge >= 0.3 is 0 Å². The average Bonchev–Trinajstić information content (AvgIpc) is 2.34. The Morgan fingerprint density at radius 1 is 1.38 bits per heavy atom. The molecular weight excluding hydrogens is 206 g/mol. The Labute approximate surface area is 97.4 Å². The molecule has 1 saturated carbocycles. The van der Waals surface area contributed by atoms with Gasteiger partial charge in [-0.2, -0.15) is 0 Å². The van der Waals surface area contributed by atoms with Gasteiger partial charge in [0.2, 0.25) is 5.91 Å². The second-order valence-electron chi connectivity index (χ2n) is 4.49. The normalized spacial score (nSPS) is 25.4. The number of hydrogen-bond donors (Lipinski definition) is 2. The number of ether oxygens (including phenoxy) is 1. The number of amides is 1. The largest absolute Gasteiger partial charge is 0.396 e. The molecule has 0 unspecified atom stereocenters. The van der Waals surface area contributed by atoms with Gasteiger partial charge in [-0.15, -0.1) is 0 Å². The monoisotopic (exact) mass is 229 g/mol. The zero-order valence-corrected chi connectivity index (χ0v) is 10.1. The number of nitrogens with one attached hydrogen (secondary N) is 1. The van der Waals surface area contributed by atoms with E-state index >= 15 is 0 Å². The predicted molar refractivity (Wildman–Crippen MR) is 62.1 cm³/mol.